The number of carbonyl (C=O) groups is 2. The minimum absolute atomic E-state index is 0.208. The molecule has 0 aliphatic rings. The lowest BCUT2D eigenvalue weighted by Gasteiger charge is -2.14. The van der Waals surface area contributed by atoms with E-state index < -0.39 is 5.78 Å². The van der Waals surface area contributed by atoms with E-state index >= 15 is 0 Å². The van der Waals surface area contributed by atoms with Crippen LogP contribution in [0.3, 0.4) is 0 Å². The van der Waals surface area contributed by atoms with Gasteiger partial charge in [0.1, 0.15) is 5.69 Å². The smallest absolute Gasteiger partial charge is 0.244 e. The van der Waals surface area contributed by atoms with Crippen LogP contribution in [0.15, 0.2) is 54.7 Å². The number of nitrogens with zero attached hydrogens (tertiary/aromatic N) is 2. The molecule has 0 aliphatic carbocycles. The lowest BCUT2D eigenvalue weighted by atomic mass is 9.95. The summed E-state index contributed by atoms with van der Waals surface area (Å²) in [4.78, 5) is 28.8. The molecule has 0 saturated carbocycles. The van der Waals surface area contributed by atoms with E-state index in [1.165, 1.54) is 11.1 Å². The Labute approximate surface area is 147 Å². The first-order chi connectivity index (χ1) is 12.1. The van der Waals surface area contributed by atoms with Crippen LogP contribution in [0.5, 0.6) is 0 Å². The zero-order valence-electron chi connectivity index (χ0n) is 14.4. The standard InChI is InChI=1S/C21H20N2O2/c1-23(2)12-10-15-5-3-4-6-18(15)16-7-8-19-17(13-16)9-11-22-21(19)20(25)14-24/h3-9,11,13-14H,10,12H2,1-2H3. The summed E-state index contributed by atoms with van der Waals surface area (Å²) in [5.74, 6) is -0.593. The molecule has 0 bridgehead atoms. The summed E-state index contributed by atoms with van der Waals surface area (Å²) in [7, 11) is 4.13. The van der Waals surface area contributed by atoms with Crippen LogP contribution in [-0.2, 0) is 11.2 Å². The summed E-state index contributed by atoms with van der Waals surface area (Å²) < 4.78 is 0. The van der Waals surface area contributed by atoms with Crippen LogP contribution in [0.1, 0.15) is 16.1 Å². The Morgan fingerprint density at radius 2 is 1.92 bits per heavy atom. The summed E-state index contributed by atoms with van der Waals surface area (Å²) in [6.45, 7) is 0.979. The second kappa shape index (κ2) is 7.36. The van der Waals surface area contributed by atoms with Gasteiger partial charge in [-0.25, -0.2) is 0 Å². The van der Waals surface area contributed by atoms with E-state index in [0.717, 1.165) is 23.9 Å². The van der Waals surface area contributed by atoms with Gasteiger partial charge >= 0.3 is 0 Å². The number of benzene rings is 2. The average molecular weight is 332 g/mol. The highest BCUT2D eigenvalue weighted by molar-refractivity contribution is 6.35. The van der Waals surface area contributed by atoms with Crippen LogP contribution in [0.4, 0.5) is 0 Å². The molecule has 1 heterocycles. The number of aromatic nitrogens is 1. The van der Waals surface area contributed by atoms with Gasteiger partial charge in [0.2, 0.25) is 5.78 Å². The lowest BCUT2D eigenvalue weighted by Crippen LogP contribution is -2.15. The number of hydrogen-bond acceptors (Lipinski definition) is 4. The van der Waals surface area contributed by atoms with Crippen LogP contribution in [0, 0.1) is 0 Å². The van der Waals surface area contributed by atoms with Gasteiger partial charge in [-0.2, -0.15) is 0 Å². The molecule has 1 aromatic heterocycles. The third-order valence-corrected chi connectivity index (χ3v) is 4.26. The van der Waals surface area contributed by atoms with Gasteiger partial charge in [0.25, 0.3) is 0 Å². The van der Waals surface area contributed by atoms with Gasteiger partial charge in [0.05, 0.1) is 0 Å². The third kappa shape index (κ3) is 3.64. The molecule has 3 rings (SSSR count). The molecule has 0 fully saturated rings. The normalized spacial score (nSPS) is 11.0. The number of hydrogen-bond donors (Lipinski definition) is 0. The molecule has 0 amide bonds. The Morgan fingerprint density at radius 3 is 2.68 bits per heavy atom. The van der Waals surface area contributed by atoms with E-state index in [1.807, 2.05) is 30.3 Å². The molecule has 126 valence electrons. The SMILES string of the molecule is CN(C)CCc1ccccc1-c1ccc2c(C(=O)C=O)nccc2c1. The van der Waals surface area contributed by atoms with Gasteiger partial charge in [-0.3, -0.25) is 14.6 Å². The van der Waals surface area contributed by atoms with Crippen molar-refractivity contribution in [2.75, 3.05) is 20.6 Å². The minimum Gasteiger partial charge on any atom is -0.309 e. The molecule has 4 heteroatoms. The Hall–Kier alpha value is -2.85. The van der Waals surface area contributed by atoms with Crippen LogP contribution in [-0.4, -0.2) is 42.6 Å². The maximum absolute atomic E-state index is 11.8. The van der Waals surface area contributed by atoms with E-state index in [0.29, 0.717) is 11.7 Å². The van der Waals surface area contributed by atoms with Crippen molar-refractivity contribution < 1.29 is 9.59 Å². The molecule has 0 aliphatic heterocycles. The Balaban J connectivity index is 2.06. The molecule has 3 aromatic rings. The van der Waals surface area contributed by atoms with Gasteiger partial charge < -0.3 is 4.90 Å². The number of aldehydes is 1. The topological polar surface area (TPSA) is 50.3 Å². The van der Waals surface area contributed by atoms with Crippen molar-refractivity contribution in [2.45, 2.75) is 6.42 Å². The molecular formula is C21H20N2O2. The summed E-state index contributed by atoms with van der Waals surface area (Å²) in [5.41, 5.74) is 3.78. The van der Waals surface area contributed by atoms with Gasteiger partial charge in [-0.05, 0) is 54.7 Å². The van der Waals surface area contributed by atoms with Crippen molar-refractivity contribution in [3.05, 3.63) is 66.0 Å². The van der Waals surface area contributed by atoms with Gasteiger partial charge in [-0.1, -0.05) is 36.4 Å². The fourth-order valence-corrected chi connectivity index (χ4v) is 2.96. The number of fused-ring (bicyclic) bond motifs is 1. The monoisotopic (exact) mass is 332 g/mol. The molecule has 0 saturated heterocycles. The number of Topliss-reactive ketones (excluding diaryl/α,β-unsaturated/α-hetero) is 1. The molecule has 0 N–H and O–H groups in total. The number of carbonyl (C=O) groups excluding carboxylic acids is 2. The summed E-state index contributed by atoms with van der Waals surface area (Å²) >= 11 is 0. The Kier molecular flexibility index (Phi) is 5.00. The van der Waals surface area contributed by atoms with E-state index in [2.05, 4.69) is 42.2 Å². The van der Waals surface area contributed by atoms with Crippen molar-refractivity contribution in [2.24, 2.45) is 0 Å². The summed E-state index contributed by atoms with van der Waals surface area (Å²) in [6, 6.07) is 16.1. The van der Waals surface area contributed by atoms with Crippen LogP contribution in [0.25, 0.3) is 21.9 Å². The third-order valence-electron chi connectivity index (χ3n) is 4.26. The zero-order chi connectivity index (χ0) is 17.8. The van der Waals surface area contributed by atoms with Crippen molar-refractivity contribution in [1.29, 1.82) is 0 Å². The Morgan fingerprint density at radius 1 is 1.12 bits per heavy atom. The van der Waals surface area contributed by atoms with E-state index in [9.17, 15) is 9.59 Å². The average Bonchev–Trinajstić information content (AvgIpc) is 2.65. The van der Waals surface area contributed by atoms with E-state index in [1.54, 1.807) is 6.20 Å². The van der Waals surface area contributed by atoms with E-state index in [4.69, 9.17) is 0 Å². The molecular weight excluding hydrogens is 312 g/mol. The second-order valence-electron chi connectivity index (χ2n) is 6.29. The first kappa shape index (κ1) is 17.0. The Bertz CT molecular complexity index is 932. The van der Waals surface area contributed by atoms with E-state index in [-0.39, 0.29) is 5.69 Å². The van der Waals surface area contributed by atoms with Gasteiger partial charge in [0, 0.05) is 18.1 Å². The fourth-order valence-electron chi connectivity index (χ4n) is 2.96. The van der Waals surface area contributed by atoms with Gasteiger partial charge in [-0.15, -0.1) is 0 Å². The van der Waals surface area contributed by atoms with Crippen LogP contribution < -0.4 is 0 Å². The zero-order valence-corrected chi connectivity index (χ0v) is 14.4. The highest BCUT2D eigenvalue weighted by atomic mass is 16.2. The van der Waals surface area contributed by atoms with Crippen molar-refractivity contribution >= 4 is 22.8 Å². The number of ketones is 1. The summed E-state index contributed by atoms with van der Waals surface area (Å²) in [6.07, 6.45) is 2.85. The number of rotatable bonds is 6. The van der Waals surface area contributed by atoms with Crippen molar-refractivity contribution in [1.82, 2.24) is 9.88 Å². The first-order valence-corrected chi connectivity index (χ1v) is 8.21. The van der Waals surface area contributed by atoms with Crippen LogP contribution >= 0.6 is 0 Å². The fraction of sp³-hybridized carbons (Fsp3) is 0.190. The van der Waals surface area contributed by atoms with Gasteiger partial charge in [0.15, 0.2) is 6.29 Å². The predicted molar refractivity (Wildman–Crippen MR) is 99.8 cm³/mol. The van der Waals surface area contributed by atoms with Crippen molar-refractivity contribution in [3.63, 3.8) is 0 Å². The maximum atomic E-state index is 11.8. The first-order valence-electron chi connectivity index (χ1n) is 8.21. The predicted octanol–water partition coefficient (Wildman–Crippen LogP) is 3.39. The highest BCUT2D eigenvalue weighted by Gasteiger charge is 2.12. The molecule has 0 unspecified atom stereocenters. The minimum atomic E-state index is -0.593. The van der Waals surface area contributed by atoms with Crippen molar-refractivity contribution in [3.8, 4) is 11.1 Å². The molecule has 2 aromatic carbocycles. The second-order valence-corrected chi connectivity index (χ2v) is 6.29. The highest BCUT2D eigenvalue weighted by Crippen LogP contribution is 2.28. The molecule has 0 radical (unpaired) electrons. The molecule has 25 heavy (non-hydrogen) atoms. The molecule has 0 atom stereocenters. The number of likely N-dealkylation sites (N-methyl/N-ethyl adjacent to an activating group) is 1. The largest absolute Gasteiger partial charge is 0.309 e. The maximum Gasteiger partial charge on any atom is 0.244 e. The molecule has 4 nitrogen and oxygen atoms in total. The molecule has 0 spiro atoms. The van der Waals surface area contributed by atoms with Crippen LogP contribution in [0.2, 0.25) is 0 Å². The quantitative estimate of drug-likeness (QED) is 0.394. The lowest BCUT2D eigenvalue weighted by molar-refractivity contribution is -0.104. The summed E-state index contributed by atoms with van der Waals surface area (Å²) in [5, 5.41) is 1.61. The number of pyridine rings is 1.